The molecule has 0 aromatic rings. The second-order valence-electron chi connectivity index (χ2n) is 6.89. The summed E-state index contributed by atoms with van der Waals surface area (Å²) in [6.07, 6.45) is 8.04. The average Bonchev–Trinajstić information content (AvgIpc) is 2.87. The van der Waals surface area contributed by atoms with Crippen LogP contribution in [0, 0.1) is 5.92 Å². The van der Waals surface area contributed by atoms with Crippen molar-refractivity contribution in [1.82, 2.24) is 15.1 Å². The largest absolute Gasteiger partial charge is 0.354 e. The van der Waals surface area contributed by atoms with Gasteiger partial charge in [-0.15, -0.1) is 6.58 Å². The van der Waals surface area contributed by atoms with E-state index < -0.39 is 0 Å². The van der Waals surface area contributed by atoms with E-state index in [9.17, 15) is 9.59 Å². The summed E-state index contributed by atoms with van der Waals surface area (Å²) in [7, 11) is 4.20. The van der Waals surface area contributed by atoms with Gasteiger partial charge in [-0.1, -0.05) is 25.3 Å². The standard InChI is InChI=1S/C17H29N3O2/c1-4-10-20-12-14(11-15(20)21)16(22)18-13-17(19(2)3)8-6-5-7-9-17/h4,14H,1,5-13H2,2-3H3,(H,18,22)/t14-/m0/s1. The van der Waals surface area contributed by atoms with Crippen LogP contribution in [0.2, 0.25) is 0 Å². The molecule has 2 amide bonds. The molecule has 5 nitrogen and oxygen atoms in total. The molecule has 0 spiro atoms. The summed E-state index contributed by atoms with van der Waals surface area (Å²) in [6, 6.07) is 0. The van der Waals surface area contributed by atoms with Gasteiger partial charge in [0.15, 0.2) is 0 Å². The van der Waals surface area contributed by atoms with Gasteiger partial charge in [0.1, 0.15) is 0 Å². The summed E-state index contributed by atoms with van der Waals surface area (Å²) < 4.78 is 0. The Kier molecular flexibility index (Phi) is 5.62. The van der Waals surface area contributed by atoms with Gasteiger partial charge in [-0.25, -0.2) is 0 Å². The van der Waals surface area contributed by atoms with Crippen molar-refractivity contribution >= 4 is 11.8 Å². The van der Waals surface area contributed by atoms with Crippen molar-refractivity contribution in [3.8, 4) is 0 Å². The van der Waals surface area contributed by atoms with Gasteiger partial charge >= 0.3 is 0 Å². The highest BCUT2D eigenvalue weighted by Crippen LogP contribution is 2.31. The number of likely N-dealkylation sites (tertiary alicyclic amines) is 1. The third kappa shape index (κ3) is 3.69. The first-order valence-electron chi connectivity index (χ1n) is 8.32. The Morgan fingerprint density at radius 2 is 2.09 bits per heavy atom. The fraction of sp³-hybridized carbons (Fsp3) is 0.765. The SMILES string of the molecule is C=CCN1C[C@@H](C(=O)NCC2(N(C)C)CCCCC2)CC1=O. The van der Waals surface area contributed by atoms with E-state index in [-0.39, 0.29) is 23.3 Å². The van der Waals surface area contributed by atoms with Crippen LogP contribution in [0.1, 0.15) is 38.5 Å². The molecule has 124 valence electrons. The van der Waals surface area contributed by atoms with Gasteiger partial charge in [-0.3, -0.25) is 9.59 Å². The number of likely N-dealkylation sites (N-methyl/N-ethyl adjacent to an activating group) is 1. The monoisotopic (exact) mass is 307 g/mol. The highest BCUT2D eigenvalue weighted by atomic mass is 16.2. The molecule has 5 heteroatoms. The zero-order valence-electron chi connectivity index (χ0n) is 13.9. The highest BCUT2D eigenvalue weighted by molar-refractivity contribution is 5.89. The molecule has 1 saturated carbocycles. The lowest BCUT2D eigenvalue weighted by molar-refractivity contribution is -0.128. The molecule has 1 aliphatic carbocycles. The van der Waals surface area contributed by atoms with E-state index in [4.69, 9.17) is 0 Å². The normalized spacial score (nSPS) is 24.6. The van der Waals surface area contributed by atoms with Crippen LogP contribution in [-0.4, -0.2) is 60.9 Å². The molecule has 1 saturated heterocycles. The molecule has 2 fully saturated rings. The van der Waals surface area contributed by atoms with E-state index in [0.29, 0.717) is 26.1 Å². The summed E-state index contributed by atoms with van der Waals surface area (Å²) in [4.78, 5) is 28.2. The molecule has 0 aromatic heterocycles. The maximum absolute atomic E-state index is 12.4. The van der Waals surface area contributed by atoms with Crippen molar-refractivity contribution in [2.45, 2.75) is 44.1 Å². The van der Waals surface area contributed by atoms with E-state index in [2.05, 4.69) is 30.9 Å². The number of carbonyl (C=O) groups is 2. The lowest BCUT2D eigenvalue weighted by Crippen LogP contribution is -2.54. The van der Waals surface area contributed by atoms with Crippen LogP contribution in [0.25, 0.3) is 0 Å². The van der Waals surface area contributed by atoms with Crippen LogP contribution in [0.5, 0.6) is 0 Å². The fourth-order valence-corrected chi connectivity index (χ4v) is 3.67. The zero-order chi connectivity index (χ0) is 16.2. The molecule has 0 unspecified atom stereocenters. The number of hydrogen-bond acceptors (Lipinski definition) is 3. The molecule has 0 radical (unpaired) electrons. The van der Waals surface area contributed by atoms with Crippen molar-refractivity contribution in [1.29, 1.82) is 0 Å². The molecule has 2 aliphatic rings. The van der Waals surface area contributed by atoms with E-state index >= 15 is 0 Å². The second-order valence-corrected chi connectivity index (χ2v) is 6.89. The second kappa shape index (κ2) is 7.27. The highest BCUT2D eigenvalue weighted by Gasteiger charge is 2.37. The summed E-state index contributed by atoms with van der Waals surface area (Å²) in [5.74, 6) is -0.137. The van der Waals surface area contributed by atoms with E-state index in [1.807, 2.05) is 0 Å². The first-order valence-corrected chi connectivity index (χ1v) is 8.32. The third-order valence-electron chi connectivity index (χ3n) is 5.26. The Morgan fingerprint density at radius 1 is 1.41 bits per heavy atom. The van der Waals surface area contributed by atoms with E-state index in [1.54, 1.807) is 11.0 Å². The summed E-state index contributed by atoms with van der Waals surface area (Å²) in [6.45, 7) is 5.39. The Bertz CT molecular complexity index is 428. The van der Waals surface area contributed by atoms with Crippen LogP contribution >= 0.6 is 0 Å². The predicted octanol–water partition coefficient (Wildman–Crippen LogP) is 1.40. The smallest absolute Gasteiger partial charge is 0.225 e. The first kappa shape index (κ1) is 17.0. The molecular weight excluding hydrogens is 278 g/mol. The summed E-state index contributed by atoms with van der Waals surface area (Å²) in [5.41, 5.74) is 0.0807. The first-order chi connectivity index (χ1) is 10.5. The molecule has 1 N–H and O–H groups in total. The van der Waals surface area contributed by atoms with Gasteiger partial charge in [0.25, 0.3) is 0 Å². The zero-order valence-corrected chi connectivity index (χ0v) is 13.9. The summed E-state index contributed by atoms with van der Waals surface area (Å²) in [5, 5.41) is 3.11. The van der Waals surface area contributed by atoms with Crippen molar-refractivity contribution in [3.05, 3.63) is 12.7 Å². The Morgan fingerprint density at radius 3 is 2.68 bits per heavy atom. The van der Waals surface area contributed by atoms with Crippen LogP contribution in [0.15, 0.2) is 12.7 Å². The fourth-order valence-electron chi connectivity index (χ4n) is 3.67. The minimum Gasteiger partial charge on any atom is -0.354 e. The Hall–Kier alpha value is -1.36. The third-order valence-corrected chi connectivity index (χ3v) is 5.26. The maximum atomic E-state index is 12.4. The molecule has 1 heterocycles. The van der Waals surface area contributed by atoms with Gasteiger partial charge in [-0.2, -0.15) is 0 Å². The number of amides is 2. The molecule has 0 bridgehead atoms. The Balaban J connectivity index is 1.89. The van der Waals surface area contributed by atoms with E-state index in [1.165, 1.54) is 19.3 Å². The number of rotatable bonds is 6. The van der Waals surface area contributed by atoms with Crippen molar-refractivity contribution in [3.63, 3.8) is 0 Å². The molecule has 22 heavy (non-hydrogen) atoms. The number of nitrogens with zero attached hydrogens (tertiary/aromatic N) is 2. The van der Waals surface area contributed by atoms with E-state index in [0.717, 1.165) is 12.8 Å². The molecule has 0 aromatic carbocycles. The van der Waals surface area contributed by atoms with Gasteiger partial charge < -0.3 is 15.1 Å². The quantitative estimate of drug-likeness (QED) is 0.755. The van der Waals surface area contributed by atoms with Gasteiger partial charge in [-0.05, 0) is 26.9 Å². The van der Waals surface area contributed by atoms with Crippen molar-refractivity contribution < 1.29 is 9.59 Å². The van der Waals surface area contributed by atoms with Crippen molar-refractivity contribution in [2.24, 2.45) is 5.92 Å². The average molecular weight is 307 g/mol. The summed E-state index contributed by atoms with van der Waals surface area (Å²) >= 11 is 0. The number of hydrogen-bond donors (Lipinski definition) is 1. The van der Waals surface area contributed by atoms with Crippen molar-refractivity contribution in [2.75, 3.05) is 33.7 Å². The predicted molar refractivity (Wildman–Crippen MR) is 87.4 cm³/mol. The van der Waals surface area contributed by atoms with Crippen LogP contribution in [0.4, 0.5) is 0 Å². The minimum atomic E-state index is -0.213. The van der Waals surface area contributed by atoms with Gasteiger partial charge in [0.05, 0.1) is 5.92 Å². The minimum absolute atomic E-state index is 0.0201. The van der Waals surface area contributed by atoms with Crippen LogP contribution in [0.3, 0.4) is 0 Å². The topological polar surface area (TPSA) is 52.7 Å². The number of nitrogens with one attached hydrogen (secondary N) is 1. The lowest BCUT2D eigenvalue weighted by Gasteiger charge is -2.43. The van der Waals surface area contributed by atoms with Gasteiger partial charge in [0.2, 0.25) is 11.8 Å². The molecule has 1 atom stereocenters. The molecular formula is C17H29N3O2. The van der Waals surface area contributed by atoms with Crippen LogP contribution < -0.4 is 5.32 Å². The maximum Gasteiger partial charge on any atom is 0.225 e. The van der Waals surface area contributed by atoms with Gasteiger partial charge in [0, 0.05) is 31.6 Å². The Labute approximate surface area is 133 Å². The molecule has 1 aliphatic heterocycles. The number of carbonyl (C=O) groups excluding carboxylic acids is 2. The van der Waals surface area contributed by atoms with Crippen LogP contribution in [-0.2, 0) is 9.59 Å². The lowest BCUT2D eigenvalue weighted by atomic mass is 9.80. The molecule has 2 rings (SSSR count).